The van der Waals surface area contributed by atoms with Crippen molar-refractivity contribution in [1.29, 1.82) is 0 Å². The van der Waals surface area contributed by atoms with Gasteiger partial charge >= 0.3 is 0 Å². The number of nitrogens with zero attached hydrogens (tertiary/aromatic N) is 2. The summed E-state index contributed by atoms with van der Waals surface area (Å²) in [5.74, 6) is -1.36. The summed E-state index contributed by atoms with van der Waals surface area (Å²) in [4.78, 5) is 50.7. The molecule has 1 fully saturated rings. The van der Waals surface area contributed by atoms with Crippen molar-refractivity contribution < 1.29 is 19.3 Å². The van der Waals surface area contributed by atoms with E-state index in [1.807, 2.05) is 0 Å². The molecule has 0 radical (unpaired) electrons. The van der Waals surface area contributed by atoms with Crippen LogP contribution in [0.1, 0.15) is 58.4 Å². The van der Waals surface area contributed by atoms with E-state index in [-0.39, 0.29) is 35.2 Å². The van der Waals surface area contributed by atoms with Crippen molar-refractivity contribution in [3.8, 4) is 0 Å². The summed E-state index contributed by atoms with van der Waals surface area (Å²) >= 11 is 0. The van der Waals surface area contributed by atoms with Crippen LogP contribution in [-0.2, 0) is 11.2 Å². The van der Waals surface area contributed by atoms with E-state index in [0.717, 1.165) is 37.0 Å². The monoisotopic (exact) mass is 421 g/mol. The van der Waals surface area contributed by atoms with Gasteiger partial charge in [0.25, 0.3) is 17.5 Å². The van der Waals surface area contributed by atoms with E-state index in [9.17, 15) is 24.5 Å². The van der Waals surface area contributed by atoms with E-state index < -0.39 is 22.8 Å². The lowest BCUT2D eigenvalue weighted by molar-refractivity contribution is -0.384. The Morgan fingerprint density at radius 1 is 1.00 bits per heavy atom. The van der Waals surface area contributed by atoms with Crippen LogP contribution in [0.4, 0.5) is 5.69 Å². The third-order valence-corrected chi connectivity index (χ3v) is 5.97. The predicted molar refractivity (Wildman–Crippen MR) is 113 cm³/mol. The lowest BCUT2D eigenvalue weighted by atomic mass is 9.94. The van der Waals surface area contributed by atoms with Crippen LogP contribution in [0.2, 0.25) is 0 Å². The number of nitro groups is 1. The molecule has 2 aromatic carbocycles. The van der Waals surface area contributed by atoms with Crippen molar-refractivity contribution in [3.05, 3.63) is 75.3 Å². The Morgan fingerprint density at radius 2 is 1.58 bits per heavy atom. The van der Waals surface area contributed by atoms with Crippen LogP contribution < -0.4 is 5.32 Å². The van der Waals surface area contributed by atoms with Crippen LogP contribution >= 0.6 is 0 Å². The molecule has 0 saturated heterocycles. The minimum Gasteiger partial charge on any atom is -0.352 e. The third-order valence-electron chi connectivity index (χ3n) is 5.97. The van der Waals surface area contributed by atoms with Crippen LogP contribution in [0.5, 0.6) is 0 Å². The second kappa shape index (κ2) is 8.67. The molecule has 0 aromatic heterocycles. The molecule has 1 atom stereocenters. The Kier molecular flexibility index (Phi) is 5.79. The molecule has 1 saturated carbocycles. The van der Waals surface area contributed by atoms with Crippen LogP contribution in [0.25, 0.3) is 0 Å². The zero-order valence-corrected chi connectivity index (χ0v) is 17.0. The quantitative estimate of drug-likeness (QED) is 0.437. The van der Waals surface area contributed by atoms with Gasteiger partial charge < -0.3 is 5.32 Å². The highest BCUT2D eigenvalue weighted by Crippen LogP contribution is 2.27. The van der Waals surface area contributed by atoms with Gasteiger partial charge in [-0.25, -0.2) is 0 Å². The number of fused-ring (bicyclic) bond motifs is 1. The van der Waals surface area contributed by atoms with E-state index in [1.165, 1.54) is 12.1 Å². The molecular formula is C23H23N3O5. The van der Waals surface area contributed by atoms with Crippen molar-refractivity contribution in [1.82, 2.24) is 10.2 Å². The van der Waals surface area contributed by atoms with Gasteiger partial charge in [-0.1, -0.05) is 43.5 Å². The van der Waals surface area contributed by atoms with Crippen LogP contribution in [-0.4, -0.2) is 39.6 Å². The first kappa shape index (κ1) is 20.7. The van der Waals surface area contributed by atoms with Crippen molar-refractivity contribution in [2.45, 2.75) is 50.6 Å². The minimum atomic E-state index is -1.03. The fraction of sp³-hybridized carbons (Fsp3) is 0.348. The largest absolute Gasteiger partial charge is 0.352 e. The lowest BCUT2D eigenvalue weighted by Gasteiger charge is -2.29. The highest BCUT2D eigenvalue weighted by molar-refractivity contribution is 6.22. The summed E-state index contributed by atoms with van der Waals surface area (Å²) in [6.45, 7) is 0. The molecule has 31 heavy (non-hydrogen) atoms. The van der Waals surface area contributed by atoms with Crippen molar-refractivity contribution >= 4 is 23.4 Å². The molecule has 1 N–H and O–H groups in total. The summed E-state index contributed by atoms with van der Waals surface area (Å²) in [7, 11) is 0. The average molecular weight is 421 g/mol. The number of amides is 3. The van der Waals surface area contributed by atoms with E-state index in [4.69, 9.17) is 0 Å². The molecule has 160 valence electrons. The first-order valence-corrected chi connectivity index (χ1v) is 10.5. The maximum atomic E-state index is 13.3. The Hall–Kier alpha value is -3.55. The number of non-ortho nitro benzene ring substituents is 1. The summed E-state index contributed by atoms with van der Waals surface area (Å²) in [6.07, 6.45) is 5.03. The summed E-state index contributed by atoms with van der Waals surface area (Å²) in [6, 6.07) is 11.3. The van der Waals surface area contributed by atoms with Crippen molar-refractivity contribution in [2.75, 3.05) is 0 Å². The number of hydrogen-bond acceptors (Lipinski definition) is 5. The number of benzene rings is 2. The highest BCUT2D eigenvalue weighted by atomic mass is 16.6. The number of carbonyl (C=O) groups excluding carboxylic acids is 3. The molecular weight excluding hydrogens is 398 g/mol. The second-order valence-corrected chi connectivity index (χ2v) is 8.01. The van der Waals surface area contributed by atoms with Gasteiger partial charge in [0.2, 0.25) is 5.91 Å². The Morgan fingerprint density at radius 3 is 2.13 bits per heavy atom. The second-order valence-electron chi connectivity index (χ2n) is 8.01. The third kappa shape index (κ3) is 4.19. The molecule has 8 heteroatoms. The maximum absolute atomic E-state index is 13.3. The SMILES string of the molecule is O=C(NC1CCCCC1)C(Cc1ccc([N+](=O)[O-])cc1)N1C(=O)c2ccccc2C1=O. The molecule has 1 unspecified atom stereocenters. The highest BCUT2D eigenvalue weighted by Gasteiger charge is 2.43. The number of imide groups is 1. The minimum absolute atomic E-state index is 0.0239. The molecule has 0 spiro atoms. The van der Waals surface area contributed by atoms with E-state index >= 15 is 0 Å². The Labute approximate surface area is 179 Å². The molecule has 2 aromatic rings. The van der Waals surface area contributed by atoms with E-state index in [1.54, 1.807) is 36.4 Å². The van der Waals surface area contributed by atoms with Crippen LogP contribution in [0.15, 0.2) is 48.5 Å². The number of nitrogens with one attached hydrogen (secondary N) is 1. The molecule has 3 amide bonds. The standard InChI is InChI=1S/C23H23N3O5/c27-21(24-16-6-2-1-3-7-16)20(14-15-10-12-17(13-11-15)26(30)31)25-22(28)18-8-4-5-9-19(18)23(25)29/h4-5,8-13,16,20H,1-3,6-7,14H2,(H,24,27). The lowest BCUT2D eigenvalue weighted by Crippen LogP contribution is -2.53. The van der Waals surface area contributed by atoms with Gasteiger partial charge in [-0.3, -0.25) is 29.4 Å². The molecule has 1 aliphatic heterocycles. The first-order valence-electron chi connectivity index (χ1n) is 10.5. The zero-order chi connectivity index (χ0) is 22.0. The maximum Gasteiger partial charge on any atom is 0.269 e. The van der Waals surface area contributed by atoms with E-state index in [0.29, 0.717) is 5.56 Å². The van der Waals surface area contributed by atoms with Gasteiger partial charge in [0.15, 0.2) is 0 Å². The smallest absolute Gasteiger partial charge is 0.269 e. The number of rotatable bonds is 6. The van der Waals surface area contributed by atoms with Crippen molar-refractivity contribution in [3.63, 3.8) is 0 Å². The fourth-order valence-corrected chi connectivity index (χ4v) is 4.31. The Balaban J connectivity index is 1.62. The van der Waals surface area contributed by atoms with Gasteiger partial charge in [0, 0.05) is 24.6 Å². The van der Waals surface area contributed by atoms with Gasteiger partial charge in [-0.05, 0) is 30.5 Å². The normalized spacial score (nSPS) is 17.4. The number of nitro benzene ring substituents is 1. The molecule has 1 aliphatic carbocycles. The summed E-state index contributed by atoms with van der Waals surface area (Å²) in [5, 5.41) is 13.9. The topological polar surface area (TPSA) is 110 Å². The molecule has 0 bridgehead atoms. The average Bonchev–Trinajstić information content (AvgIpc) is 3.03. The molecule has 2 aliphatic rings. The van der Waals surface area contributed by atoms with Crippen LogP contribution in [0, 0.1) is 10.1 Å². The fourth-order valence-electron chi connectivity index (χ4n) is 4.31. The van der Waals surface area contributed by atoms with E-state index in [2.05, 4.69) is 5.32 Å². The molecule has 8 nitrogen and oxygen atoms in total. The number of carbonyl (C=O) groups is 3. The van der Waals surface area contributed by atoms with Crippen LogP contribution in [0.3, 0.4) is 0 Å². The van der Waals surface area contributed by atoms with Gasteiger partial charge in [0.1, 0.15) is 6.04 Å². The van der Waals surface area contributed by atoms with Gasteiger partial charge in [-0.15, -0.1) is 0 Å². The Bertz CT molecular complexity index is 993. The zero-order valence-electron chi connectivity index (χ0n) is 17.0. The summed E-state index contributed by atoms with van der Waals surface area (Å²) in [5.41, 5.74) is 1.14. The van der Waals surface area contributed by atoms with Gasteiger partial charge in [0.05, 0.1) is 16.1 Å². The molecule has 1 heterocycles. The summed E-state index contributed by atoms with van der Waals surface area (Å²) < 4.78 is 0. The number of hydrogen-bond donors (Lipinski definition) is 1. The predicted octanol–water partition coefficient (Wildman–Crippen LogP) is 3.25. The first-order chi connectivity index (χ1) is 15.0. The van der Waals surface area contributed by atoms with Gasteiger partial charge in [-0.2, -0.15) is 0 Å². The van der Waals surface area contributed by atoms with Crippen molar-refractivity contribution in [2.24, 2.45) is 0 Å². The molecule has 4 rings (SSSR count).